The van der Waals surface area contributed by atoms with Crippen molar-refractivity contribution in [2.24, 2.45) is 11.7 Å². The van der Waals surface area contributed by atoms with Crippen LogP contribution in [0.3, 0.4) is 0 Å². The van der Waals surface area contributed by atoms with Gasteiger partial charge in [-0.2, -0.15) is 0 Å². The summed E-state index contributed by atoms with van der Waals surface area (Å²) in [6.07, 6.45) is 4.91. The standard InChI is InChI=1S/C15H17BrN4/c16-14-3-1-2-12(6-14)13-8-18-15(19-9-13)20-5-4-11(7-17)10-20/h1-3,6,8-9,11H,4-5,7,10,17H2. The van der Waals surface area contributed by atoms with Crippen LogP contribution in [0.2, 0.25) is 0 Å². The molecule has 5 heteroatoms. The van der Waals surface area contributed by atoms with E-state index < -0.39 is 0 Å². The number of nitrogens with zero attached hydrogens (tertiary/aromatic N) is 3. The molecule has 0 amide bonds. The largest absolute Gasteiger partial charge is 0.340 e. The van der Waals surface area contributed by atoms with E-state index in [4.69, 9.17) is 5.73 Å². The molecule has 104 valence electrons. The second kappa shape index (κ2) is 5.89. The summed E-state index contributed by atoms with van der Waals surface area (Å²) in [5.41, 5.74) is 7.87. The van der Waals surface area contributed by atoms with E-state index in [2.05, 4.69) is 42.9 Å². The van der Waals surface area contributed by atoms with Crippen LogP contribution >= 0.6 is 15.9 Å². The summed E-state index contributed by atoms with van der Waals surface area (Å²) in [7, 11) is 0. The van der Waals surface area contributed by atoms with Gasteiger partial charge in [-0.15, -0.1) is 0 Å². The molecule has 1 atom stereocenters. The smallest absolute Gasteiger partial charge is 0.225 e. The van der Waals surface area contributed by atoms with Crippen molar-refractivity contribution in [2.45, 2.75) is 6.42 Å². The summed E-state index contributed by atoms with van der Waals surface area (Å²) in [6.45, 7) is 2.71. The van der Waals surface area contributed by atoms with Crippen molar-refractivity contribution in [2.75, 3.05) is 24.5 Å². The zero-order chi connectivity index (χ0) is 13.9. The number of rotatable bonds is 3. The molecule has 0 aliphatic carbocycles. The number of hydrogen-bond donors (Lipinski definition) is 1. The molecule has 0 spiro atoms. The number of nitrogens with two attached hydrogens (primary N) is 1. The Balaban J connectivity index is 1.78. The highest BCUT2D eigenvalue weighted by Gasteiger charge is 2.22. The Labute approximate surface area is 127 Å². The third kappa shape index (κ3) is 2.83. The number of aromatic nitrogens is 2. The molecule has 2 aromatic rings. The minimum atomic E-state index is 0.573. The van der Waals surface area contributed by atoms with Crippen LogP contribution < -0.4 is 10.6 Å². The first kappa shape index (κ1) is 13.5. The zero-order valence-corrected chi connectivity index (χ0v) is 12.8. The van der Waals surface area contributed by atoms with E-state index in [1.165, 1.54) is 0 Å². The van der Waals surface area contributed by atoms with Gasteiger partial charge in [-0.3, -0.25) is 0 Å². The Morgan fingerprint density at radius 1 is 1.25 bits per heavy atom. The first-order valence-electron chi connectivity index (χ1n) is 6.79. The van der Waals surface area contributed by atoms with Gasteiger partial charge in [0, 0.05) is 35.5 Å². The van der Waals surface area contributed by atoms with E-state index in [1.54, 1.807) is 0 Å². The first-order chi connectivity index (χ1) is 9.76. The van der Waals surface area contributed by atoms with Gasteiger partial charge in [-0.05, 0) is 36.6 Å². The van der Waals surface area contributed by atoms with Gasteiger partial charge in [0.2, 0.25) is 5.95 Å². The van der Waals surface area contributed by atoms with E-state index in [9.17, 15) is 0 Å². The van der Waals surface area contributed by atoms with Crippen LogP contribution in [0.25, 0.3) is 11.1 Å². The summed E-state index contributed by atoms with van der Waals surface area (Å²) in [5.74, 6) is 1.38. The maximum absolute atomic E-state index is 5.72. The van der Waals surface area contributed by atoms with Crippen molar-refractivity contribution in [1.29, 1.82) is 0 Å². The van der Waals surface area contributed by atoms with Crippen molar-refractivity contribution < 1.29 is 0 Å². The molecular weight excluding hydrogens is 316 g/mol. The lowest BCUT2D eigenvalue weighted by atomic mass is 10.1. The highest BCUT2D eigenvalue weighted by Crippen LogP contribution is 2.24. The van der Waals surface area contributed by atoms with Crippen molar-refractivity contribution in [1.82, 2.24) is 9.97 Å². The Morgan fingerprint density at radius 3 is 2.70 bits per heavy atom. The normalized spacial score (nSPS) is 18.5. The van der Waals surface area contributed by atoms with Crippen LogP contribution in [0.1, 0.15) is 6.42 Å². The molecule has 0 bridgehead atoms. The Kier molecular flexibility index (Phi) is 3.98. The second-order valence-electron chi connectivity index (χ2n) is 5.12. The van der Waals surface area contributed by atoms with Crippen LogP contribution in [0, 0.1) is 5.92 Å². The van der Waals surface area contributed by atoms with Crippen molar-refractivity contribution >= 4 is 21.9 Å². The Hall–Kier alpha value is -1.46. The zero-order valence-electron chi connectivity index (χ0n) is 11.2. The summed E-state index contributed by atoms with van der Waals surface area (Å²) in [6, 6.07) is 8.15. The lowest BCUT2D eigenvalue weighted by molar-refractivity contribution is 0.602. The van der Waals surface area contributed by atoms with E-state index >= 15 is 0 Å². The molecule has 1 aliphatic heterocycles. The topological polar surface area (TPSA) is 55.0 Å². The fourth-order valence-corrected chi connectivity index (χ4v) is 2.91. The van der Waals surface area contributed by atoms with E-state index in [0.717, 1.165) is 47.6 Å². The van der Waals surface area contributed by atoms with Gasteiger partial charge in [-0.1, -0.05) is 28.1 Å². The molecule has 3 rings (SSSR count). The van der Waals surface area contributed by atoms with Gasteiger partial charge in [0.25, 0.3) is 0 Å². The minimum Gasteiger partial charge on any atom is -0.340 e. The number of benzene rings is 1. The molecule has 20 heavy (non-hydrogen) atoms. The number of halogens is 1. The van der Waals surface area contributed by atoms with Gasteiger partial charge in [-0.25, -0.2) is 9.97 Å². The Bertz CT molecular complexity index is 585. The van der Waals surface area contributed by atoms with Gasteiger partial charge in [0.05, 0.1) is 0 Å². The van der Waals surface area contributed by atoms with Gasteiger partial charge >= 0.3 is 0 Å². The Morgan fingerprint density at radius 2 is 2.05 bits per heavy atom. The van der Waals surface area contributed by atoms with Crippen LogP contribution in [0.15, 0.2) is 41.1 Å². The van der Waals surface area contributed by atoms with Gasteiger partial charge < -0.3 is 10.6 Å². The molecule has 0 radical (unpaired) electrons. The molecule has 2 heterocycles. The molecule has 1 unspecified atom stereocenters. The first-order valence-corrected chi connectivity index (χ1v) is 7.58. The maximum Gasteiger partial charge on any atom is 0.225 e. The number of anilines is 1. The quantitative estimate of drug-likeness (QED) is 0.938. The summed E-state index contributed by atoms with van der Waals surface area (Å²) in [4.78, 5) is 11.2. The highest BCUT2D eigenvalue weighted by molar-refractivity contribution is 9.10. The van der Waals surface area contributed by atoms with Crippen LogP contribution in [-0.4, -0.2) is 29.6 Å². The van der Waals surface area contributed by atoms with E-state index in [1.807, 2.05) is 24.5 Å². The fourth-order valence-electron chi connectivity index (χ4n) is 2.51. The van der Waals surface area contributed by atoms with Gasteiger partial charge in [0.1, 0.15) is 0 Å². The molecule has 1 aromatic carbocycles. The predicted molar refractivity (Wildman–Crippen MR) is 84.5 cm³/mol. The third-order valence-electron chi connectivity index (χ3n) is 3.70. The third-order valence-corrected chi connectivity index (χ3v) is 4.19. The SMILES string of the molecule is NCC1CCN(c2ncc(-c3cccc(Br)c3)cn2)C1. The summed E-state index contributed by atoms with van der Waals surface area (Å²) < 4.78 is 1.06. The van der Waals surface area contributed by atoms with Gasteiger partial charge in [0.15, 0.2) is 0 Å². The summed E-state index contributed by atoms with van der Waals surface area (Å²) in [5, 5.41) is 0. The van der Waals surface area contributed by atoms with Crippen molar-refractivity contribution in [3.63, 3.8) is 0 Å². The monoisotopic (exact) mass is 332 g/mol. The molecule has 1 saturated heterocycles. The average Bonchev–Trinajstić information content (AvgIpc) is 2.96. The highest BCUT2D eigenvalue weighted by atomic mass is 79.9. The van der Waals surface area contributed by atoms with Crippen molar-refractivity contribution in [3.05, 3.63) is 41.1 Å². The fraction of sp³-hybridized carbons (Fsp3) is 0.333. The minimum absolute atomic E-state index is 0.573. The average molecular weight is 333 g/mol. The molecule has 4 nitrogen and oxygen atoms in total. The molecule has 1 fully saturated rings. The summed E-state index contributed by atoms with van der Waals surface area (Å²) >= 11 is 3.48. The lowest BCUT2D eigenvalue weighted by Gasteiger charge is -2.16. The van der Waals surface area contributed by atoms with Crippen LogP contribution in [-0.2, 0) is 0 Å². The molecule has 2 N–H and O–H groups in total. The number of hydrogen-bond acceptors (Lipinski definition) is 4. The predicted octanol–water partition coefficient (Wildman–Crippen LogP) is 2.69. The maximum atomic E-state index is 5.72. The lowest BCUT2D eigenvalue weighted by Crippen LogP contribution is -2.24. The van der Waals surface area contributed by atoms with Crippen LogP contribution in [0.5, 0.6) is 0 Å². The molecular formula is C15H17BrN4. The molecule has 1 aliphatic rings. The second-order valence-corrected chi connectivity index (χ2v) is 6.03. The molecule has 1 aromatic heterocycles. The van der Waals surface area contributed by atoms with E-state index in [-0.39, 0.29) is 0 Å². The van der Waals surface area contributed by atoms with Crippen molar-refractivity contribution in [3.8, 4) is 11.1 Å². The van der Waals surface area contributed by atoms with E-state index in [0.29, 0.717) is 5.92 Å². The van der Waals surface area contributed by atoms with Crippen LogP contribution in [0.4, 0.5) is 5.95 Å². The molecule has 0 saturated carbocycles.